The average Bonchev–Trinajstić information content (AvgIpc) is 2.95. The van der Waals surface area contributed by atoms with Crippen molar-refractivity contribution in [1.82, 2.24) is 20.8 Å². The van der Waals surface area contributed by atoms with Crippen LogP contribution in [0.15, 0.2) is 103 Å². The fraction of sp³-hybridized carbons (Fsp3) is 0. The Bertz CT molecular complexity index is 1640. The zero-order chi connectivity index (χ0) is 25.8. The van der Waals surface area contributed by atoms with Crippen LogP contribution in [0.1, 0.15) is 20.7 Å². The highest BCUT2D eigenvalue weighted by Gasteiger charge is 2.20. The number of nitrogens with one attached hydrogen (secondary N) is 2. The summed E-state index contributed by atoms with van der Waals surface area (Å²) in [6, 6.07) is 29.7. The quantitative estimate of drug-likeness (QED) is 0.266. The molecule has 0 spiro atoms. The molecule has 0 saturated carbocycles. The number of fused-ring (bicyclic) bond motifs is 1. The lowest BCUT2D eigenvalue weighted by Gasteiger charge is -2.12. The Balaban J connectivity index is 1.45. The smallest absolute Gasteiger partial charge is 0.267 e. The molecule has 2 amide bonds. The fourth-order valence-electron chi connectivity index (χ4n) is 3.87. The normalized spacial score (nSPS) is 10.6. The van der Waals surface area contributed by atoms with Gasteiger partial charge in [-0.15, -0.1) is 0 Å². The van der Waals surface area contributed by atoms with E-state index in [9.17, 15) is 19.7 Å². The van der Waals surface area contributed by atoms with E-state index in [4.69, 9.17) is 9.97 Å². The van der Waals surface area contributed by atoms with E-state index in [1.807, 2.05) is 60.7 Å². The highest BCUT2D eigenvalue weighted by molar-refractivity contribution is 6.02. The SMILES string of the molecule is O=C(NNC(=O)c1ccccc1[N+](=O)[O-])c1ccc2nc(-c3ccccc3)c(-c3ccccc3)nc2c1. The van der Waals surface area contributed by atoms with E-state index in [2.05, 4.69) is 10.9 Å². The molecule has 0 aliphatic carbocycles. The first-order valence-corrected chi connectivity index (χ1v) is 11.3. The molecule has 0 atom stereocenters. The van der Waals surface area contributed by atoms with E-state index in [-0.39, 0.29) is 16.8 Å². The Morgan fingerprint density at radius 3 is 1.81 bits per heavy atom. The summed E-state index contributed by atoms with van der Waals surface area (Å²) in [5.74, 6) is -1.41. The number of hydrazine groups is 1. The summed E-state index contributed by atoms with van der Waals surface area (Å²) in [6.45, 7) is 0. The van der Waals surface area contributed by atoms with E-state index in [1.54, 1.807) is 18.2 Å². The zero-order valence-electron chi connectivity index (χ0n) is 19.3. The lowest BCUT2D eigenvalue weighted by Crippen LogP contribution is -2.41. The third kappa shape index (κ3) is 4.87. The molecule has 2 N–H and O–H groups in total. The van der Waals surface area contributed by atoms with Crippen molar-refractivity contribution in [3.63, 3.8) is 0 Å². The molecule has 0 saturated heterocycles. The lowest BCUT2D eigenvalue weighted by molar-refractivity contribution is -0.385. The van der Waals surface area contributed by atoms with Crippen LogP contribution in [-0.4, -0.2) is 26.7 Å². The molecule has 180 valence electrons. The largest absolute Gasteiger partial charge is 0.282 e. The molecule has 9 nitrogen and oxygen atoms in total. The molecule has 0 aliphatic heterocycles. The Hall–Kier alpha value is -5.44. The summed E-state index contributed by atoms with van der Waals surface area (Å²) in [5, 5.41) is 11.2. The van der Waals surface area contributed by atoms with Crippen molar-refractivity contribution < 1.29 is 14.5 Å². The summed E-state index contributed by atoms with van der Waals surface area (Å²) >= 11 is 0. The Morgan fingerprint density at radius 2 is 1.19 bits per heavy atom. The fourth-order valence-corrected chi connectivity index (χ4v) is 3.87. The number of hydrogen-bond donors (Lipinski definition) is 2. The van der Waals surface area contributed by atoms with Gasteiger partial charge < -0.3 is 0 Å². The molecular weight excluding hydrogens is 470 g/mol. The van der Waals surface area contributed by atoms with E-state index >= 15 is 0 Å². The van der Waals surface area contributed by atoms with Gasteiger partial charge in [-0.2, -0.15) is 0 Å². The van der Waals surface area contributed by atoms with Gasteiger partial charge in [-0.05, 0) is 24.3 Å². The number of aromatic nitrogens is 2. The molecule has 0 fully saturated rings. The molecule has 5 rings (SSSR count). The number of carbonyl (C=O) groups is 2. The van der Waals surface area contributed by atoms with Crippen LogP contribution in [0.3, 0.4) is 0 Å². The summed E-state index contributed by atoms with van der Waals surface area (Å²) < 4.78 is 0. The Kier molecular flexibility index (Phi) is 6.33. The summed E-state index contributed by atoms with van der Waals surface area (Å²) in [6.07, 6.45) is 0. The monoisotopic (exact) mass is 489 g/mol. The van der Waals surface area contributed by atoms with Crippen molar-refractivity contribution in [2.75, 3.05) is 0 Å². The van der Waals surface area contributed by atoms with Crippen LogP contribution in [0.2, 0.25) is 0 Å². The summed E-state index contributed by atoms with van der Waals surface area (Å²) in [7, 11) is 0. The van der Waals surface area contributed by atoms with E-state index in [0.717, 1.165) is 11.1 Å². The van der Waals surface area contributed by atoms with Gasteiger partial charge in [0.1, 0.15) is 5.56 Å². The van der Waals surface area contributed by atoms with Crippen LogP contribution < -0.4 is 10.9 Å². The van der Waals surface area contributed by atoms with Gasteiger partial charge in [0.05, 0.1) is 27.3 Å². The maximum atomic E-state index is 12.8. The van der Waals surface area contributed by atoms with Crippen LogP contribution in [0.25, 0.3) is 33.5 Å². The van der Waals surface area contributed by atoms with Gasteiger partial charge in [0.15, 0.2) is 0 Å². The van der Waals surface area contributed by atoms with Crippen molar-refractivity contribution in [3.05, 3.63) is 124 Å². The maximum absolute atomic E-state index is 12.8. The number of para-hydroxylation sites is 1. The predicted molar refractivity (Wildman–Crippen MR) is 138 cm³/mol. The second-order valence-corrected chi connectivity index (χ2v) is 8.04. The molecule has 9 heteroatoms. The van der Waals surface area contributed by atoms with Gasteiger partial charge in [-0.3, -0.25) is 30.6 Å². The molecule has 0 bridgehead atoms. The number of amides is 2. The van der Waals surface area contributed by atoms with Crippen LogP contribution in [-0.2, 0) is 0 Å². The molecule has 1 heterocycles. The summed E-state index contributed by atoms with van der Waals surface area (Å²) in [5.41, 5.74) is 8.50. The predicted octanol–water partition coefficient (Wildman–Crippen LogP) is 4.95. The van der Waals surface area contributed by atoms with Crippen molar-refractivity contribution in [2.24, 2.45) is 0 Å². The Morgan fingerprint density at radius 1 is 0.649 bits per heavy atom. The average molecular weight is 489 g/mol. The number of rotatable bonds is 5. The molecule has 0 aliphatic rings. The second-order valence-electron chi connectivity index (χ2n) is 8.04. The van der Waals surface area contributed by atoms with Gasteiger partial charge in [-0.25, -0.2) is 9.97 Å². The highest BCUT2D eigenvalue weighted by atomic mass is 16.6. The van der Waals surface area contributed by atoms with Gasteiger partial charge in [0, 0.05) is 22.8 Å². The van der Waals surface area contributed by atoms with Gasteiger partial charge in [-0.1, -0.05) is 72.8 Å². The molecule has 0 unspecified atom stereocenters. The zero-order valence-corrected chi connectivity index (χ0v) is 19.3. The van der Waals surface area contributed by atoms with Crippen molar-refractivity contribution in [2.45, 2.75) is 0 Å². The second kappa shape index (κ2) is 10.0. The number of hydrogen-bond acceptors (Lipinski definition) is 6. The van der Waals surface area contributed by atoms with Gasteiger partial charge in [0.2, 0.25) is 0 Å². The Labute approximate surface area is 210 Å². The first kappa shape index (κ1) is 23.3. The molecule has 1 aromatic heterocycles. The first-order chi connectivity index (χ1) is 18.0. The van der Waals surface area contributed by atoms with E-state index in [0.29, 0.717) is 22.4 Å². The van der Waals surface area contributed by atoms with Crippen LogP contribution in [0.5, 0.6) is 0 Å². The number of nitro benzene ring substituents is 1. The van der Waals surface area contributed by atoms with Gasteiger partial charge in [0.25, 0.3) is 17.5 Å². The first-order valence-electron chi connectivity index (χ1n) is 11.3. The van der Waals surface area contributed by atoms with Crippen LogP contribution >= 0.6 is 0 Å². The third-order valence-corrected chi connectivity index (χ3v) is 5.66. The number of benzene rings is 4. The number of nitrogens with zero attached hydrogens (tertiary/aromatic N) is 3. The minimum atomic E-state index is -0.805. The molecule has 37 heavy (non-hydrogen) atoms. The van der Waals surface area contributed by atoms with Crippen molar-refractivity contribution in [3.8, 4) is 22.5 Å². The van der Waals surface area contributed by atoms with E-state index < -0.39 is 16.7 Å². The minimum absolute atomic E-state index is 0.168. The van der Waals surface area contributed by atoms with Gasteiger partial charge >= 0.3 is 0 Å². The minimum Gasteiger partial charge on any atom is -0.267 e. The summed E-state index contributed by atoms with van der Waals surface area (Å²) in [4.78, 5) is 45.4. The molecular formula is C28H19N5O4. The van der Waals surface area contributed by atoms with Crippen molar-refractivity contribution >= 4 is 28.5 Å². The van der Waals surface area contributed by atoms with Crippen LogP contribution in [0.4, 0.5) is 5.69 Å². The maximum Gasteiger partial charge on any atom is 0.282 e. The lowest BCUT2D eigenvalue weighted by atomic mass is 10.0. The van der Waals surface area contributed by atoms with E-state index in [1.165, 1.54) is 24.3 Å². The molecule has 5 aromatic rings. The topological polar surface area (TPSA) is 127 Å². The third-order valence-electron chi connectivity index (χ3n) is 5.66. The molecule has 0 radical (unpaired) electrons. The highest BCUT2D eigenvalue weighted by Crippen LogP contribution is 2.31. The number of nitro groups is 1. The number of carbonyl (C=O) groups excluding carboxylic acids is 2. The van der Waals surface area contributed by atoms with Crippen molar-refractivity contribution in [1.29, 1.82) is 0 Å². The molecule has 4 aromatic carbocycles. The van der Waals surface area contributed by atoms with Crippen LogP contribution in [0, 0.1) is 10.1 Å². The standard InChI is InChI=1S/C28H19N5O4/c34-27(31-32-28(35)21-13-7-8-14-24(21)33(36)37)20-15-16-22-23(17-20)30-26(19-11-5-2-6-12-19)25(29-22)18-9-3-1-4-10-18/h1-17H,(H,31,34)(H,32,35).